The van der Waals surface area contributed by atoms with Crippen LogP contribution in [-0.2, 0) is 13.1 Å². The van der Waals surface area contributed by atoms with Gasteiger partial charge in [-0.2, -0.15) is 0 Å². The Labute approximate surface area is 171 Å². The summed E-state index contributed by atoms with van der Waals surface area (Å²) in [4.78, 5) is 22.9. The van der Waals surface area contributed by atoms with Gasteiger partial charge in [0.05, 0.1) is 25.5 Å². The van der Waals surface area contributed by atoms with Gasteiger partial charge in [0.1, 0.15) is 12.0 Å². The van der Waals surface area contributed by atoms with Crippen LogP contribution < -0.4 is 0 Å². The van der Waals surface area contributed by atoms with E-state index in [0.717, 1.165) is 44.8 Å². The molecule has 0 aliphatic carbocycles. The molecule has 2 aromatic rings. The zero-order chi connectivity index (χ0) is 20.6. The maximum absolute atomic E-state index is 12.5. The number of oxazole rings is 1. The number of piperazine rings is 1. The lowest BCUT2D eigenvalue weighted by Gasteiger charge is -2.34. The fraction of sp³-hybridized carbons (Fsp3) is 0.524. The van der Waals surface area contributed by atoms with E-state index in [1.807, 2.05) is 12.1 Å². The molecule has 8 heteroatoms. The Kier molecular flexibility index (Phi) is 7.62. The van der Waals surface area contributed by atoms with Crippen molar-refractivity contribution in [1.82, 2.24) is 19.7 Å². The summed E-state index contributed by atoms with van der Waals surface area (Å²) >= 11 is 0. The van der Waals surface area contributed by atoms with E-state index in [2.05, 4.69) is 21.4 Å². The molecule has 0 radical (unpaired) electrons. The molecule has 0 bridgehead atoms. The lowest BCUT2D eigenvalue weighted by Crippen LogP contribution is -2.48. The van der Waals surface area contributed by atoms with E-state index in [9.17, 15) is 9.90 Å². The lowest BCUT2D eigenvalue weighted by atomic mass is 10.1. The number of amides is 1. The Hall–Kier alpha value is -2.42. The summed E-state index contributed by atoms with van der Waals surface area (Å²) in [7, 11) is 1.71. The van der Waals surface area contributed by atoms with Gasteiger partial charge in [0, 0.05) is 39.8 Å². The third-order valence-corrected chi connectivity index (χ3v) is 5.09. The van der Waals surface area contributed by atoms with Gasteiger partial charge in [-0.05, 0) is 25.0 Å². The monoisotopic (exact) mass is 402 g/mol. The largest absolute Gasteiger partial charge is 0.467 e. The molecular weight excluding hydrogens is 372 g/mol. The fourth-order valence-electron chi connectivity index (χ4n) is 3.41. The predicted octanol–water partition coefficient (Wildman–Crippen LogP) is 1.98. The van der Waals surface area contributed by atoms with Crippen molar-refractivity contribution in [1.29, 1.82) is 0 Å². The van der Waals surface area contributed by atoms with Crippen LogP contribution in [0.3, 0.4) is 0 Å². The highest BCUT2D eigenvalue weighted by Crippen LogP contribution is 2.13. The molecule has 2 aromatic heterocycles. The van der Waals surface area contributed by atoms with Crippen LogP contribution in [0.2, 0.25) is 0 Å². The number of carbonyl (C=O) groups is 1. The van der Waals surface area contributed by atoms with Crippen molar-refractivity contribution in [2.24, 2.45) is 0 Å². The van der Waals surface area contributed by atoms with E-state index < -0.39 is 0 Å². The summed E-state index contributed by atoms with van der Waals surface area (Å²) in [6.07, 6.45) is 6.13. The number of hydrogen-bond acceptors (Lipinski definition) is 7. The number of hydrogen-bond donors (Lipinski definition) is 1. The van der Waals surface area contributed by atoms with Crippen molar-refractivity contribution < 1.29 is 18.7 Å². The fourth-order valence-corrected chi connectivity index (χ4v) is 3.41. The highest BCUT2D eigenvalue weighted by molar-refractivity contribution is 5.91. The van der Waals surface area contributed by atoms with Crippen LogP contribution in [0.1, 0.15) is 35.0 Å². The van der Waals surface area contributed by atoms with E-state index in [0.29, 0.717) is 31.2 Å². The van der Waals surface area contributed by atoms with Crippen LogP contribution in [0.25, 0.3) is 0 Å². The molecule has 29 heavy (non-hydrogen) atoms. The molecule has 158 valence electrons. The Morgan fingerprint density at radius 1 is 1.34 bits per heavy atom. The Balaban J connectivity index is 1.43. The molecule has 1 aliphatic heterocycles. The van der Waals surface area contributed by atoms with E-state index in [4.69, 9.17) is 8.83 Å². The first-order valence-corrected chi connectivity index (χ1v) is 10.0. The molecule has 0 aromatic carbocycles. The Morgan fingerprint density at radius 3 is 2.79 bits per heavy atom. The van der Waals surface area contributed by atoms with Crippen molar-refractivity contribution in [3.05, 3.63) is 54.7 Å². The number of β-amino-alcohol motifs (C(OH)–C–C–N with tert-alkyl or cyclic N) is 1. The number of rotatable bonds is 10. The first kappa shape index (κ1) is 21.3. The standard InChI is InChI=1S/C21H30N4O4/c1-3-4-6-17(26)13-24-8-10-25(11-9-24)15-20-22-19(16-29-20)21(27)23(2)14-18-7-5-12-28-18/h3,5,7,12,16-17,26H,1,4,6,8-11,13-15H2,2H3. The maximum Gasteiger partial charge on any atom is 0.275 e. The highest BCUT2D eigenvalue weighted by Gasteiger charge is 2.22. The predicted molar refractivity (Wildman–Crippen MR) is 108 cm³/mol. The van der Waals surface area contributed by atoms with Crippen LogP contribution in [-0.4, -0.2) is 76.6 Å². The smallest absolute Gasteiger partial charge is 0.275 e. The molecule has 1 atom stereocenters. The second kappa shape index (κ2) is 10.4. The van der Waals surface area contributed by atoms with Crippen LogP contribution >= 0.6 is 0 Å². The summed E-state index contributed by atoms with van der Waals surface area (Å²) in [5.74, 6) is 1.06. The molecule has 1 saturated heterocycles. The second-order valence-electron chi connectivity index (χ2n) is 7.46. The van der Waals surface area contributed by atoms with Gasteiger partial charge in [0.25, 0.3) is 5.91 Å². The third-order valence-electron chi connectivity index (χ3n) is 5.09. The van der Waals surface area contributed by atoms with Crippen LogP contribution in [0.4, 0.5) is 0 Å². The van der Waals surface area contributed by atoms with Crippen molar-refractivity contribution in [2.75, 3.05) is 39.8 Å². The SMILES string of the molecule is C=CCCC(O)CN1CCN(Cc2nc(C(=O)N(C)Cc3ccco3)co2)CC1. The third kappa shape index (κ3) is 6.28. The summed E-state index contributed by atoms with van der Waals surface area (Å²) < 4.78 is 10.8. The molecule has 3 heterocycles. The van der Waals surface area contributed by atoms with Crippen LogP contribution in [0.15, 0.2) is 46.1 Å². The number of carbonyl (C=O) groups excluding carboxylic acids is 1. The van der Waals surface area contributed by atoms with Gasteiger partial charge in [-0.15, -0.1) is 6.58 Å². The first-order chi connectivity index (χ1) is 14.0. The lowest BCUT2D eigenvalue weighted by molar-refractivity contribution is 0.0642. The molecule has 1 unspecified atom stereocenters. The minimum atomic E-state index is -0.307. The minimum Gasteiger partial charge on any atom is -0.467 e. The minimum absolute atomic E-state index is 0.199. The average molecular weight is 402 g/mol. The van der Waals surface area contributed by atoms with Crippen LogP contribution in [0, 0.1) is 0 Å². The molecule has 1 aliphatic rings. The topological polar surface area (TPSA) is 86.2 Å². The number of aliphatic hydroxyl groups is 1. The van der Waals surface area contributed by atoms with Gasteiger partial charge >= 0.3 is 0 Å². The number of nitrogens with zero attached hydrogens (tertiary/aromatic N) is 4. The highest BCUT2D eigenvalue weighted by atomic mass is 16.3. The van der Waals surface area contributed by atoms with E-state index in [-0.39, 0.29) is 12.0 Å². The summed E-state index contributed by atoms with van der Waals surface area (Å²) in [6.45, 7) is 8.88. The molecule has 8 nitrogen and oxygen atoms in total. The van der Waals surface area contributed by atoms with Gasteiger partial charge < -0.3 is 18.8 Å². The van der Waals surface area contributed by atoms with Crippen molar-refractivity contribution in [3.63, 3.8) is 0 Å². The zero-order valence-corrected chi connectivity index (χ0v) is 17.0. The molecule has 3 rings (SSSR count). The van der Waals surface area contributed by atoms with Gasteiger partial charge in [0.2, 0.25) is 5.89 Å². The molecule has 0 spiro atoms. The number of aromatic nitrogens is 1. The second-order valence-corrected chi connectivity index (χ2v) is 7.46. The summed E-state index contributed by atoms with van der Waals surface area (Å²) in [6, 6.07) is 3.62. The average Bonchev–Trinajstić information content (AvgIpc) is 3.39. The van der Waals surface area contributed by atoms with Gasteiger partial charge in [-0.25, -0.2) is 4.98 Å². The number of aliphatic hydroxyl groups excluding tert-OH is 1. The van der Waals surface area contributed by atoms with E-state index in [1.54, 1.807) is 24.3 Å². The normalized spacial score (nSPS) is 16.6. The molecular formula is C21H30N4O4. The molecule has 1 fully saturated rings. The Morgan fingerprint density at radius 2 is 2.10 bits per heavy atom. The zero-order valence-electron chi connectivity index (χ0n) is 17.0. The van der Waals surface area contributed by atoms with Crippen molar-refractivity contribution in [2.45, 2.75) is 32.0 Å². The van der Waals surface area contributed by atoms with E-state index in [1.165, 1.54) is 6.26 Å². The molecule has 1 amide bonds. The van der Waals surface area contributed by atoms with Crippen LogP contribution in [0.5, 0.6) is 0 Å². The van der Waals surface area contributed by atoms with Crippen molar-refractivity contribution in [3.8, 4) is 0 Å². The number of allylic oxidation sites excluding steroid dienone is 1. The maximum atomic E-state index is 12.5. The molecule has 0 saturated carbocycles. The van der Waals surface area contributed by atoms with Gasteiger partial charge in [-0.1, -0.05) is 6.08 Å². The Bertz CT molecular complexity index is 766. The summed E-state index contributed by atoms with van der Waals surface area (Å²) in [5.41, 5.74) is 0.304. The van der Waals surface area contributed by atoms with E-state index >= 15 is 0 Å². The molecule has 1 N–H and O–H groups in total. The number of furan rings is 1. The summed E-state index contributed by atoms with van der Waals surface area (Å²) in [5, 5.41) is 10.0. The van der Waals surface area contributed by atoms with Gasteiger partial charge in [0.15, 0.2) is 5.69 Å². The van der Waals surface area contributed by atoms with Crippen molar-refractivity contribution >= 4 is 5.91 Å². The van der Waals surface area contributed by atoms with Gasteiger partial charge in [-0.3, -0.25) is 14.6 Å². The first-order valence-electron chi connectivity index (χ1n) is 10.0. The quantitative estimate of drug-likeness (QED) is 0.608.